The van der Waals surface area contributed by atoms with Crippen LogP contribution < -0.4 is 0 Å². The molecule has 0 amide bonds. The van der Waals surface area contributed by atoms with Gasteiger partial charge < -0.3 is 9.84 Å². The fourth-order valence-corrected chi connectivity index (χ4v) is 2.78. The summed E-state index contributed by atoms with van der Waals surface area (Å²) in [6, 6.07) is 0. The van der Waals surface area contributed by atoms with Crippen molar-refractivity contribution in [3.63, 3.8) is 0 Å². The molecule has 3 nitrogen and oxygen atoms in total. The molecule has 0 aromatic carbocycles. The lowest BCUT2D eigenvalue weighted by molar-refractivity contribution is -0.131. The largest absolute Gasteiger partial charge is 0.478 e. The van der Waals surface area contributed by atoms with Crippen LogP contribution in [0, 0.1) is 0 Å². The lowest BCUT2D eigenvalue weighted by Crippen LogP contribution is -1.94. The minimum absolute atomic E-state index is 0.572. The Kier molecular flexibility index (Phi) is 10.2. The van der Waals surface area contributed by atoms with E-state index in [9.17, 15) is 4.79 Å². The van der Waals surface area contributed by atoms with E-state index in [4.69, 9.17) is 9.84 Å². The third-order valence-electron chi connectivity index (χ3n) is 4.15. The Balaban J connectivity index is 1.77. The van der Waals surface area contributed by atoms with E-state index in [1.54, 1.807) is 6.08 Å². The van der Waals surface area contributed by atoms with Crippen LogP contribution in [-0.2, 0) is 9.53 Å². The number of aliphatic carboxylic acids is 1. The van der Waals surface area contributed by atoms with E-state index < -0.39 is 5.97 Å². The Morgan fingerprint density at radius 2 is 1.52 bits per heavy atom. The van der Waals surface area contributed by atoms with E-state index in [0.717, 1.165) is 12.8 Å². The van der Waals surface area contributed by atoms with Crippen LogP contribution in [0.5, 0.6) is 0 Å². The first-order chi connectivity index (χ1) is 10.2. The summed E-state index contributed by atoms with van der Waals surface area (Å²) in [7, 11) is 0. The van der Waals surface area contributed by atoms with E-state index in [1.807, 2.05) is 0 Å². The molecule has 1 fully saturated rings. The molecule has 1 rings (SSSR count). The Bertz CT molecular complexity index is 299. The third kappa shape index (κ3) is 10.5. The van der Waals surface area contributed by atoms with Gasteiger partial charge in [-0.2, -0.15) is 0 Å². The van der Waals surface area contributed by atoms with Crippen LogP contribution in [0.15, 0.2) is 12.2 Å². The normalized spacial score (nSPS) is 21.0. The fraction of sp³-hybridized carbons (Fsp3) is 0.833. The summed E-state index contributed by atoms with van der Waals surface area (Å²) in [6.45, 7) is 2.24. The highest BCUT2D eigenvalue weighted by atomic mass is 16.6. The number of carbonyl (C=O) groups is 1. The van der Waals surface area contributed by atoms with Crippen molar-refractivity contribution in [2.24, 2.45) is 0 Å². The molecule has 3 heteroatoms. The molecule has 0 aromatic heterocycles. The first-order valence-electron chi connectivity index (χ1n) is 8.79. The fourth-order valence-electron chi connectivity index (χ4n) is 2.78. The lowest BCUT2D eigenvalue weighted by atomic mass is 10.0. The number of rotatable bonds is 14. The van der Waals surface area contributed by atoms with Crippen LogP contribution in [0.3, 0.4) is 0 Å². The standard InChI is InChI=1S/C18H32O3/c1-2-3-10-13-16-17(21-16)14-11-8-6-4-5-7-9-12-15-18(19)20/h12,15-17H,2-11,13-14H2,1H3,(H,19,20)/b15-12-. The van der Waals surface area contributed by atoms with Crippen molar-refractivity contribution >= 4 is 5.97 Å². The first-order valence-corrected chi connectivity index (χ1v) is 8.79. The van der Waals surface area contributed by atoms with Crippen molar-refractivity contribution in [1.82, 2.24) is 0 Å². The zero-order chi connectivity index (χ0) is 15.3. The summed E-state index contributed by atoms with van der Waals surface area (Å²) in [5, 5.41) is 8.45. The summed E-state index contributed by atoms with van der Waals surface area (Å²) in [6.07, 6.45) is 19.0. The van der Waals surface area contributed by atoms with Gasteiger partial charge in [-0.1, -0.05) is 64.4 Å². The maximum atomic E-state index is 10.3. The van der Waals surface area contributed by atoms with Crippen molar-refractivity contribution < 1.29 is 14.6 Å². The molecule has 2 atom stereocenters. The molecule has 0 saturated carbocycles. The highest BCUT2D eigenvalue weighted by molar-refractivity contribution is 5.79. The molecule has 21 heavy (non-hydrogen) atoms. The predicted molar refractivity (Wildman–Crippen MR) is 86.5 cm³/mol. The van der Waals surface area contributed by atoms with E-state index in [1.165, 1.54) is 70.3 Å². The number of carboxylic acid groups (broad SMARTS) is 1. The van der Waals surface area contributed by atoms with E-state index >= 15 is 0 Å². The second kappa shape index (κ2) is 11.8. The molecule has 1 aliphatic rings. The van der Waals surface area contributed by atoms with Gasteiger partial charge in [0.1, 0.15) is 0 Å². The highest BCUT2D eigenvalue weighted by Crippen LogP contribution is 2.31. The summed E-state index contributed by atoms with van der Waals surface area (Å²) in [4.78, 5) is 10.3. The number of epoxide rings is 1. The Labute approximate surface area is 129 Å². The molecule has 0 bridgehead atoms. The number of unbranched alkanes of at least 4 members (excludes halogenated alkanes) is 8. The zero-order valence-electron chi connectivity index (χ0n) is 13.6. The monoisotopic (exact) mass is 296 g/mol. The van der Waals surface area contributed by atoms with Crippen LogP contribution in [0.2, 0.25) is 0 Å². The SMILES string of the molecule is CCCCCC1OC1CCCCCCCC/C=C\C(=O)O. The number of hydrogen-bond donors (Lipinski definition) is 1. The molecule has 1 aliphatic heterocycles. The average molecular weight is 296 g/mol. The molecule has 1 heterocycles. The molecular formula is C18H32O3. The van der Waals surface area contributed by atoms with Crippen LogP contribution >= 0.6 is 0 Å². The minimum atomic E-state index is -0.842. The van der Waals surface area contributed by atoms with Crippen LogP contribution in [0.25, 0.3) is 0 Å². The van der Waals surface area contributed by atoms with Crippen molar-refractivity contribution in [2.45, 2.75) is 96.2 Å². The van der Waals surface area contributed by atoms with Gasteiger partial charge in [0, 0.05) is 6.08 Å². The van der Waals surface area contributed by atoms with Gasteiger partial charge in [0.15, 0.2) is 0 Å². The summed E-state index contributed by atoms with van der Waals surface area (Å²) in [5.74, 6) is -0.842. The van der Waals surface area contributed by atoms with Crippen molar-refractivity contribution in [3.05, 3.63) is 12.2 Å². The second-order valence-corrected chi connectivity index (χ2v) is 6.15. The number of ether oxygens (including phenoxy) is 1. The zero-order valence-corrected chi connectivity index (χ0v) is 13.6. The predicted octanol–water partition coefficient (Wildman–Crippen LogP) is 5.10. The molecule has 1 saturated heterocycles. The van der Waals surface area contributed by atoms with Gasteiger partial charge in [-0.25, -0.2) is 4.79 Å². The number of carboxylic acids is 1. The van der Waals surface area contributed by atoms with E-state index in [0.29, 0.717) is 12.2 Å². The topological polar surface area (TPSA) is 49.8 Å². The molecule has 0 aromatic rings. The highest BCUT2D eigenvalue weighted by Gasteiger charge is 2.36. The summed E-state index contributed by atoms with van der Waals surface area (Å²) < 4.78 is 5.70. The number of hydrogen-bond acceptors (Lipinski definition) is 2. The maximum absolute atomic E-state index is 10.3. The van der Waals surface area contributed by atoms with Gasteiger partial charge in [-0.05, 0) is 25.7 Å². The second-order valence-electron chi connectivity index (χ2n) is 6.15. The maximum Gasteiger partial charge on any atom is 0.327 e. The van der Waals surface area contributed by atoms with Gasteiger partial charge in [0.25, 0.3) is 0 Å². The third-order valence-corrected chi connectivity index (χ3v) is 4.15. The average Bonchev–Trinajstić information content (AvgIpc) is 3.19. The van der Waals surface area contributed by atoms with Crippen LogP contribution in [0.4, 0.5) is 0 Å². The molecular weight excluding hydrogens is 264 g/mol. The van der Waals surface area contributed by atoms with Crippen molar-refractivity contribution in [1.29, 1.82) is 0 Å². The summed E-state index contributed by atoms with van der Waals surface area (Å²) in [5.41, 5.74) is 0. The van der Waals surface area contributed by atoms with Gasteiger partial charge in [-0.3, -0.25) is 0 Å². The Hall–Kier alpha value is -0.830. The van der Waals surface area contributed by atoms with Gasteiger partial charge in [0.2, 0.25) is 0 Å². The van der Waals surface area contributed by atoms with Crippen LogP contribution in [0.1, 0.15) is 84.0 Å². The van der Waals surface area contributed by atoms with Crippen molar-refractivity contribution in [2.75, 3.05) is 0 Å². The van der Waals surface area contributed by atoms with Crippen molar-refractivity contribution in [3.8, 4) is 0 Å². The van der Waals surface area contributed by atoms with Gasteiger partial charge >= 0.3 is 5.97 Å². The van der Waals surface area contributed by atoms with Crippen LogP contribution in [-0.4, -0.2) is 23.3 Å². The Morgan fingerprint density at radius 1 is 0.952 bits per heavy atom. The quantitative estimate of drug-likeness (QED) is 0.276. The lowest BCUT2D eigenvalue weighted by Gasteiger charge is -2.00. The molecule has 122 valence electrons. The first kappa shape index (κ1) is 18.2. The Morgan fingerprint density at radius 3 is 2.14 bits per heavy atom. The van der Waals surface area contributed by atoms with Gasteiger partial charge in [0.05, 0.1) is 12.2 Å². The smallest absolute Gasteiger partial charge is 0.327 e. The van der Waals surface area contributed by atoms with Gasteiger partial charge in [-0.15, -0.1) is 0 Å². The van der Waals surface area contributed by atoms with E-state index in [-0.39, 0.29) is 0 Å². The minimum Gasteiger partial charge on any atom is -0.478 e. The molecule has 1 N–H and O–H groups in total. The molecule has 0 radical (unpaired) electrons. The summed E-state index contributed by atoms with van der Waals surface area (Å²) >= 11 is 0. The molecule has 2 unspecified atom stereocenters. The number of allylic oxidation sites excluding steroid dienone is 1. The van der Waals surface area contributed by atoms with E-state index in [2.05, 4.69) is 6.92 Å². The molecule has 0 aliphatic carbocycles. The molecule has 0 spiro atoms.